The zero-order chi connectivity index (χ0) is 11.8. The predicted octanol–water partition coefficient (Wildman–Crippen LogP) is 1.37. The van der Waals surface area contributed by atoms with Crippen LogP contribution in [0.4, 0.5) is 5.69 Å². The molecule has 0 amide bonds. The van der Waals surface area contributed by atoms with Gasteiger partial charge in [0, 0.05) is 5.69 Å². The molecule has 16 heavy (non-hydrogen) atoms. The van der Waals surface area contributed by atoms with E-state index in [1.54, 1.807) is 24.3 Å². The molecule has 0 aliphatic rings. The number of benzene rings is 2. The number of rotatable bonds is 2. The van der Waals surface area contributed by atoms with Gasteiger partial charge in [0.05, 0.1) is 4.90 Å². The molecule has 0 bridgehead atoms. The normalized spacial score (nSPS) is 11.6. The van der Waals surface area contributed by atoms with Crippen molar-refractivity contribution in [3.63, 3.8) is 0 Å². The van der Waals surface area contributed by atoms with Crippen LogP contribution < -0.4 is 11.3 Å². The molecule has 0 atom stereocenters. The summed E-state index contributed by atoms with van der Waals surface area (Å²) in [6.07, 6.45) is 0. The molecule has 0 fully saturated rings. The first-order valence-electron chi connectivity index (χ1n) is 4.48. The Bertz CT molecular complexity index is 638. The zero-order valence-corrected chi connectivity index (χ0v) is 9.03. The van der Waals surface area contributed by atoms with Crippen LogP contribution in [0, 0.1) is 0 Å². The average molecular weight is 238 g/mol. The van der Waals surface area contributed by atoms with Crippen molar-refractivity contribution in [2.24, 2.45) is 5.84 Å². The Morgan fingerprint density at radius 1 is 1.06 bits per heavy atom. The minimum atomic E-state index is -4.15. The lowest BCUT2D eigenvalue weighted by Crippen LogP contribution is -2.06. The molecule has 0 aliphatic heterocycles. The van der Waals surface area contributed by atoms with E-state index < -0.39 is 10.1 Å². The highest BCUT2D eigenvalue weighted by atomic mass is 32.2. The molecule has 2 aromatic rings. The molecule has 5 nitrogen and oxygen atoms in total. The third-order valence-corrected chi connectivity index (χ3v) is 3.13. The third kappa shape index (κ3) is 1.99. The van der Waals surface area contributed by atoms with E-state index in [4.69, 9.17) is 10.4 Å². The lowest BCUT2D eigenvalue weighted by atomic mass is 10.1. The van der Waals surface area contributed by atoms with Gasteiger partial charge in [0.25, 0.3) is 10.1 Å². The van der Waals surface area contributed by atoms with Gasteiger partial charge in [0.15, 0.2) is 0 Å². The molecule has 2 rings (SSSR count). The van der Waals surface area contributed by atoms with Gasteiger partial charge in [0.2, 0.25) is 0 Å². The smallest absolute Gasteiger partial charge is 0.294 e. The van der Waals surface area contributed by atoms with Gasteiger partial charge >= 0.3 is 0 Å². The van der Waals surface area contributed by atoms with E-state index in [1.165, 1.54) is 12.1 Å². The van der Waals surface area contributed by atoms with E-state index in [2.05, 4.69) is 5.43 Å². The van der Waals surface area contributed by atoms with Gasteiger partial charge in [0.1, 0.15) is 0 Å². The van der Waals surface area contributed by atoms with Gasteiger partial charge in [-0.1, -0.05) is 12.1 Å². The first-order valence-corrected chi connectivity index (χ1v) is 5.92. The van der Waals surface area contributed by atoms with Gasteiger partial charge in [-0.05, 0) is 35.0 Å². The molecule has 0 radical (unpaired) electrons. The van der Waals surface area contributed by atoms with E-state index in [0.717, 1.165) is 11.1 Å². The summed E-state index contributed by atoms with van der Waals surface area (Å²) in [5.41, 5.74) is 3.23. The fourth-order valence-corrected chi connectivity index (χ4v) is 1.99. The minimum Gasteiger partial charge on any atom is -0.324 e. The topological polar surface area (TPSA) is 92.4 Å². The monoisotopic (exact) mass is 238 g/mol. The number of anilines is 1. The highest BCUT2D eigenvalue weighted by molar-refractivity contribution is 7.85. The van der Waals surface area contributed by atoms with Crippen LogP contribution in [-0.4, -0.2) is 13.0 Å². The Balaban J connectivity index is 2.65. The molecule has 0 saturated heterocycles. The van der Waals surface area contributed by atoms with Gasteiger partial charge in [-0.25, -0.2) is 0 Å². The molecule has 84 valence electrons. The van der Waals surface area contributed by atoms with Crippen LogP contribution in [0.3, 0.4) is 0 Å². The Morgan fingerprint density at radius 2 is 1.69 bits per heavy atom. The Hall–Kier alpha value is -1.63. The zero-order valence-electron chi connectivity index (χ0n) is 8.21. The standard InChI is InChI=1S/C10H10N2O3S/c11-12-9-3-1-8-6-10(16(13,14)15)4-2-7(8)5-9/h1-6,12H,11H2,(H,13,14,15). The van der Waals surface area contributed by atoms with Crippen molar-refractivity contribution in [1.82, 2.24) is 0 Å². The van der Waals surface area contributed by atoms with Crippen molar-refractivity contribution in [2.75, 3.05) is 5.43 Å². The minimum absolute atomic E-state index is 0.117. The first kappa shape index (κ1) is 10.9. The summed E-state index contributed by atoms with van der Waals surface area (Å²) in [6, 6.07) is 9.58. The van der Waals surface area contributed by atoms with Crippen LogP contribution in [0.15, 0.2) is 41.3 Å². The molecule has 0 heterocycles. The second kappa shape index (κ2) is 3.75. The highest BCUT2D eigenvalue weighted by Gasteiger charge is 2.09. The maximum Gasteiger partial charge on any atom is 0.294 e. The second-order valence-electron chi connectivity index (χ2n) is 3.34. The quantitative estimate of drug-likeness (QED) is 0.417. The highest BCUT2D eigenvalue weighted by Crippen LogP contribution is 2.21. The van der Waals surface area contributed by atoms with Gasteiger partial charge in [-0.2, -0.15) is 8.42 Å². The van der Waals surface area contributed by atoms with E-state index in [9.17, 15) is 8.42 Å². The molecule has 0 spiro atoms. The van der Waals surface area contributed by atoms with Crippen molar-refractivity contribution in [3.05, 3.63) is 36.4 Å². The number of hydrazine groups is 1. The maximum atomic E-state index is 10.9. The molecular formula is C10H10N2O3S. The number of nitrogens with two attached hydrogens (primary N) is 1. The first-order chi connectivity index (χ1) is 7.50. The molecule has 0 saturated carbocycles. The number of hydrogen-bond donors (Lipinski definition) is 3. The van der Waals surface area contributed by atoms with Crippen LogP contribution in [0.2, 0.25) is 0 Å². The molecular weight excluding hydrogens is 228 g/mol. The van der Waals surface area contributed by atoms with Crippen LogP contribution in [0.25, 0.3) is 10.8 Å². The largest absolute Gasteiger partial charge is 0.324 e. The van der Waals surface area contributed by atoms with Crippen LogP contribution in [0.5, 0.6) is 0 Å². The predicted molar refractivity (Wildman–Crippen MR) is 61.6 cm³/mol. The lowest BCUT2D eigenvalue weighted by molar-refractivity contribution is 0.483. The lowest BCUT2D eigenvalue weighted by Gasteiger charge is -2.04. The fourth-order valence-electron chi connectivity index (χ4n) is 1.47. The van der Waals surface area contributed by atoms with E-state index in [1.807, 2.05) is 0 Å². The molecule has 0 unspecified atom stereocenters. The average Bonchev–Trinajstić information content (AvgIpc) is 2.26. The van der Waals surface area contributed by atoms with E-state index in [0.29, 0.717) is 5.39 Å². The maximum absolute atomic E-state index is 10.9. The summed E-state index contributed by atoms with van der Waals surface area (Å²) in [4.78, 5) is -0.117. The molecule has 6 heteroatoms. The van der Waals surface area contributed by atoms with Gasteiger partial charge in [-0.15, -0.1) is 0 Å². The molecule has 0 aromatic heterocycles. The summed E-state index contributed by atoms with van der Waals surface area (Å²) in [7, 11) is -4.15. The molecule has 2 aromatic carbocycles. The van der Waals surface area contributed by atoms with Crippen molar-refractivity contribution < 1.29 is 13.0 Å². The van der Waals surface area contributed by atoms with Gasteiger partial charge < -0.3 is 5.43 Å². The Morgan fingerprint density at radius 3 is 2.31 bits per heavy atom. The van der Waals surface area contributed by atoms with E-state index in [-0.39, 0.29) is 4.90 Å². The molecule has 4 N–H and O–H groups in total. The van der Waals surface area contributed by atoms with Crippen molar-refractivity contribution in [3.8, 4) is 0 Å². The van der Waals surface area contributed by atoms with Crippen molar-refractivity contribution >= 4 is 26.6 Å². The number of nitrogens with one attached hydrogen (secondary N) is 1. The Kier molecular flexibility index (Phi) is 2.55. The fraction of sp³-hybridized carbons (Fsp3) is 0. The Labute approximate surface area is 92.6 Å². The summed E-state index contributed by atoms with van der Waals surface area (Å²) >= 11 is 0. The second-order valence-corrected chi connectivity index (χ2v) is 4.76. The molecule has 0 aliphatic carbocycles. The van der Waals surface area contributed by atoms with Crippen LogP contribution in [-0.2, 0) is 10.1 Å². The number of hydrogen-bond acceptors (Lipinski definition) is 4. The van der Waals surface area contributed by atoms with Crippen molar-refractivity contribution in [2.45, 2.75) is 4.90 Å². The van der Waals surface area contributed by atoms with Crippen molar-refractivity contribution in [1.29, 1.82) is 0 Å². The summed E-state index contributed by atoms with van der Waals surface area (Å²) in [6.45, 7) is 0. The number of nitrogen functional groups attached to an aromatic ring is 1. The SMILES string of the molecule is NNc1ccc2cc(S(=O)(=O)O)ccc2c1. The number of fused-ring (bicyclic) bond motifs is 1. The third-order valence-electron chi connectivity index (χ3n) is 2.28. The summed E-state index contributed by atoms with van der Waals surface area (Å²) < 4.78 is 30.7. The van der Waals surface area contributed by atoms with E-state index >= 15 is 0 Å². The van der Waals surface area contributed by atoms with Crippen LogP contribution >= 0.6 is 0 Å². The van der Waals surface area contributed by atoms with Gasteiger partial charge in [-0.3, -0.25) is 10.4 Å². The summed E-state index contributed by atoms with van der Waals surface area (Å²) in [5.74, 6) is 5.25. The summed E-state index contributed by atoms with van der Waals surface area (Å²) in [5, 5.41) is 1.55. The van der Waals surface area contributed by atoms with Crippen LogP contribution in [0.1, 0.15) is 0 Å².